The van der Waals surface area contributed by atoms with Crippen LogP contribution in [0.15, 0.2) is 23.2 Å². The number of rotatable bonds is 5. The lowest BCUT2D eigenvalue weighted by Crippen LogP contribution is -2.53. The third-order valence-corrected chi connectivity index (χ3v) is 5.06. The van der Waals surface area contributed by atoms with E-state index in [1.807, 2.05) is 43.9 Å². The van der Waals surface area contributed by atoms with E-state index in [0.29, 0.717) is 50.2 Å². The minimum atomic E-state index is -0.496. The number of carbonyl (C=O) groups is 1. The zero-order valence-electron chi connectivity index (χ0n) is 19.7. The molecule has 1 heterocycles. The molecule has 31 heavy (non-hydrogen) atoms. The summed E-state index contributed by atoms with van der Waals surface area (Å²) in [5, 5.41) is 0. The standard InChI is InChI=1S/C22H36N4O4.HI/c1-21(2,3)30-20(27)26-12-10-25(11-13-26)19(23)24-15-22(4,5)16-8-9-17(28-6)18(14-16)29-7;/h8-9,14H,10-13,15H2,1-7H3,(H2,23,24);1H. The van der Waals surface area contributed by atoms with E-state index in [-0.39, 0.29) is 35.5 Å². The number of ether oxygens (including phenoxy) is 3. The van der Waals surface area contributed by atoms with E-state index in [2.05, 4.69) is 18.8 Å². The summed E-state index contributed by atoms with van der Waals surface area (Å²) in [6.07, 6.45) is -0.285. The number of hydrogen-bond acceptors (Lipinski definition) is 5. The Morgan fingerprint density at radius 2 is 1.55 bits per heavy atom. The lowest BCUT2D eigenvalue weighted by Gasteiger charge is -2.36. The van der Waals surface area contributed by atoms with Crippen LogP contribution in [0, 0.1) is 0 Å². The van der Waals surface area contributed by atoms with E-state index in [9.17, 15) is 4.79 Å². The lowest BCUT2D eigenvalue weighted by atomic mass is 9.84. The molecule has 0 aliphatic carbocycles. The van der Waals surface area contributed by atoms with Crippen LogP contribution in [0.2, 0.25) is 0 Å². The Kier molecular flexibility index (Phi) is 9.71. The largest absolute Gasteiger partial charge is 0.493 e. The van der Waals surface area contributed by atoms with Crippen LogP contribution in [0.4, 0.5) is 4.79 Å². The van der Waals surface area contributed by atoms with Crippen LogP contribution in [0.3, 0.4) is 0 Å². The molecular formula is C22H37IN4O4. The maximum Gasteiger partial charge on any atom is 0.410 e. The molecule has 0 saturated carbocycles. The number of methoxy groups -OCH3 is 2. The third-order valence-electron chi connectivity index (χ3n) is 5.06. The summed E-state index contributed by atoms with van der Waals surface area (Å²) in [5.41, 5.74) is 6.62. The summed E-state index contributed by atoms with van der Waals surface area (Å²) < 4.78 is 16.2. The first-order chi connectivity index (χ1) is 14.0. The van der Waals surface area contributed by atoms with Gasteiger partial charge in [0.05, 0.1) is 20.8 Å². The van der Waals surface area contributed by atoms with Gasteiger partial charge in [-0.2, -0.15) is 0 Å². The van der Waals surface area contributed by atoms with Gasteiger partial charge in [0.25, 0.3) is 0 Å². The van der Waals surface area contributed by atoms with Gasteiger partial charge in [0, 0.05) is 31.6 Å². The summed E-state index contributed by atoms with van der Waals surface area (Å²) in [6, 6.07) is 5.90. The normalized spacial score (nSPS) is 15.3. The molecular weight excluding hydrogens is 511 g/mol. The summed E-state index contributed by atoms with van der Waals surface area (Å²) in [4.78, 5) is 20.6. The topological polar surface area (TPSA) is 89.6 Å². The first-order valence-electron chi connectivity index (χ1n) is 10.2. The van der Waals surface area contributed by atoms with Gasteiger partial charge in [0.1, 0.15) is 5.60 Å². The fraction of sp³-hybridized carbons (Fsp3) is 0.636. The number of aliphatic imine (C=N–C) groups is 1. The summed E-state index contributed by atoms with van der Waals surface area (Å²) in [5.74, 6) is 1.88. The van der Waals surface area contributed by atoms with Gasteiger partial charge in [0.15, 0.2) is 17.5 Å². The second-order valence-corrected chi connectivity index (χ2v) is 9.08. The molecule has 176 valence electrons. The predicted octanol–water partition coefficient (Wildman–Crippen LogP) is 3.47. The van der Waals surface area contributed by atoms with Gasteiger partial charge in [-0.25, -0.2) is 4.79 Å². The van der Waals surface area contributed by atoms with Crippen molar-refractivity contribution in [2.45, 2.75) is 45.6 Å². The van der Waals surface area contributed by atoms with E-state index in [1.165, 1.54) is 0 Å². The van der Waals surface area contributed by atoms with E-state index in [4.69, 9.17) is 19.9 Å². The number of amides is 1. The zero-order valence-corrected chi connectivity index (χ0v) is 22.1. The van der Waals surface area contributed by atoms with Crippen LogP contribution in [0.25, 0.3) is 0 Å². The Morgan fingerprint density at radius 1 is 1.00 bits per heavy atom. The average molecular weight is 548 g/mol. The molecule has 0 aromatic heterocycles. The van der Waals surface area contributed by atoms with Crippen molar-refractivity contribution in [2.24, 2.45) is 10.7 Å². The van der Waals surface area contributed by atoms with Gasteiger partial charge < -0.3 is 29.7 Å². The molecule has 0 unspecified atom stereocenters. The van der Waals surface area contributed by atoms with E-state index in [1.54, 1.807) is 19.1 Å². The van der Waals surface area contributed by atoms with E-state index >= 15 is 0 Å². The van der Waals surface area contributed by atoms with Crippen LogP contribution >= 0.6 is 24.0 Å². The first kappa shape index (κ1) is 27.1. The summed E-state index contributed by atoms with van der Waals surface area (Å²) >= 11 is 0. The highest BCUT2D eigenvalue weighted by molar-refractivity contribution is 14.0. The molecule has 0 atom stereocenters. The maximum absolute atomic E-state index is 12.2. The minimum absolute atomic E-state index is 0. The molecule has 1 amide bonds. The quantitative estimate of drug-likeness (QED) is 0.345. The molecule has 1 aliphatic rings. The molecule has 0 bridgehead atoms. The minimum Gasteiger partial charge on any atom is -0.493 e. The monoisotopic (exact) mass is 548 g/mol. The molecule has 1 fully saturated rings. The van der Waals surface area contributed by atoms with Crippen molar-refractivity contribution in [3.8, 4) is 11.5 Å². The predicted molar refractivity (Wildman–Crippen MR) is 134 cm³/mol. The number of carbonyl (C=O) groups excluding carboxylic acids is 1. The van der Waals surface area contributed by atoms with Gasteiger partial charge >= 0.3 is 6.09 Å². The fourth-order valence-corrected chi connectivity index (χ4v) is 3.17. The van der Waals surface area contributed by atoms with Gasteiger partial charge in [-0.05, 0) is 38.5 Å². The summed E-state index contributed by atoms with van der Waals surface area (Å²) in [7, 11) is 3.25. The van der Waals surface area contributed by atoms with Gasteiger partial charge in [0.2, 0.25) is 0 Å². The van der Waals surface area contributed by atoms with Crippen molar-refractivity contribution in [3.63, 3.8) is 0 Å². The van der Waals surface area contributed by atoms with Crippen molar-refractivity contribution in [1.82, 2.24) is 9.80 Å². The molecule has 1 aliphatic heterocycles. The molecule has 0 radical (unpaired) electrons. The molecule has 1 aromatic rings. The van der Waals surface area contributed by atoms with Crippen LogP contribution in [0.5, 0.6) is 11.5 Å². The summed E-state index contributed by atoms with van der Waals surface area (Å²) in [6.45, 7) is 12.7. The van der Waals surface area contributed by atoms with Crippen molar-refractivity contribution < 1.29 is 19.0 Å². The van der Waals surface area contributed by atoms with Crippen molar-refractivity contribution >= 4 is 36.0 Å². The molecule has 2 N–H and O–H groups in total. The maximum atomic E-state index is 12.2. The Balaban J connectivity index is 0.00000480. The SMILES string of the molecule is COc1ccc(C(C)(C)CN=C(N)N2CCN(C(=O)OC(C)(C)C)CC2)cc1OC.I. The Morgan fingerprint density at radius 3 is 2.06 bits per heavy atom. The van der Waals surface area contributed by atoms with Crippen LogP contribution < -0.4 is 15.2 Å². The Labute approximate surface area is 203 Å². The van der Waals surface area contributed by atoms with Crippen molar-refractivity contribution in [2.75, 3.05) is 46.9 Å². The molecule has 1 aromatic carbocycles. The molecule has 8 nitrogen and oxygen atoms in total. The molecule has 1 saturated heterocycles. The van der Waals surface area contributed by atoms with Crippen LogP contribution in [-0.4, -0.2) is 74.4 Å². The van der Waals surface area contributed by atoms with Crippen LogP contribution in [-0.2, 0) is 10.2 Å². The second-order valence-electron chi connectivity index (χ2n) is 9.08. The Bertz CT molecular complexity index is 769. The molecule has 9 heteroatoms. The number of nitrogens with zero attached hydrogens (tertiary/aromatic N) is 3. The van der Waals surface area contributed by atoms with Crippen molar-refractivity contribution in [3.05, 3.63) is 23.8 Å². The van der Waals surface area contributed by atoms with Crippen LogP contribution in [0.1, 0.15) is 40.2 Å². The smallest absolute Gasteiger partial charge is 0.410 e. The average Bonchev–Trinajstić information content (AvgIpc) is 2.70. The lowest BCUT2D eigenvalue weighted by molar-refractivity contribution is 0.0186. The molecule has 0 spiro atoms. The van der Waals surface area contributed by atoms with Gasteiger partial charge in [-0.3, -0.25) is 4.99 Å². The Hall–Kier alpha value is -1.91. The van der Waals surface area contributed by atoms with Gasteiger partial charge in [-0.1, -0.05) is 19.9 Å². The van der Waals surface area contributed by atoms with Gasteiger partial charge in [-0.15, -0.1) is 24.0 Å². The third kappa shape index (κ3) is 7.62. The fourth-order valence-electron chi connectivity index (χ4n) is 3.17. The number of benzene rings is 1. The number of guanidine groups is 1. The molecule has 2 rings (SSSR count). The highest BCUT2D eigenvalue weighted by Gasteiger charge is 2.27. The van der Waals surface area contributed by atoms with E-state index in [0.717, 1.165) is 5.56 Å². The van der Waals surface area contributed by atoms with E-state index < -0.39 is 5.60 Å². The zero-order chi connectivity index (χ0) is 22.5. The number of nitrogens with two attached hydrogens (primary N) is 1. The first-order valence-corrected chi connectivity index (χ1v) is 10.2. The number of hydrogen-bond donors (Lipinski definition) is 1. The highest BCUT2D eigenvalue weighted by Crippen LogP contribution is 2.33. The highest BCUT2D eigenvalue weighted by atomic mass is 127. The number of piperazine rings is 1. The second kappa shape index (κ2) is 11.1. The number of halogens is 1. The van der Waals surface area contributed by atoms with Crippen molar-refractivity contribution in [1.29, 1.82) is 0 Å².